The van der Waals surface area contributed by atoms with Gasteiger partial charge in [0.1, 0.15) is 5.78 Å². The molecule has 1 aliphatic rings. The van der Waals surface area contributed by atoms with Crippen molar-refractivity contribution in [1.29, 1.82) is 0 Å². The summed E-state index contributed by atoms with van der Waals surface area (Å²) < 4.78 is 0.986. The first kappa shape index (κ1) is 15.2. The maximum atomic E-state index is 12.1. The van der Waals surface area contributed by atoms with E-state index >= 15 is 0 Å². The van der Waals surface area contributed by atoms with Gasteiger partial charge >= 0.3 is 0 Å². The van der Waals surface area contributed by atoms with Gasteiger partial charge in [0.05, 0.1) is 0 Å². The monoisotopic (exact) mass is 337 g/mol. The molecule has 1 amide bonds. The van der Waals surface area contributed by atoms with Gasteiger partial charge in [-0.3, -0.25) is 9.59 Å². The minimum absolute atomic E-state index is 0.0207. The summed E-state index contributed by atoms with van der Waals surface area (Å²) in [5.74, 6) is 0.645. The number of nitrogens with one attached hydrogen (secondary N) is 1. The summed E-state index contributed by atoms with van der Waals surface area (Å²) in [4.78, 5) is 23.5. The van der Waals surface area contributed by atoms with E-state index in [1.165, 1.54) is 0 Å². The Morgan fingerprint density at radius 1 is 1.30 bits per heavy atom. The van der Waals surface area contributed by atoms with Crippen LogP contribution in [0.25, 0.3) is 0 Å². The highest BCUT2D eigenvalue weighted by Gasteiger charge is 2.50. The van der Waals surface area contributed by atoms with Gasteiger partial charge in [-0.1, -0.05) is 29.8 Å². The standard InChI is InChI=1S/C16H20BrNO2/c1-10(19)14-8-11(16(14,2)3)9-15(20)18-13-6-4-12(17)5-7-13/h4-7,11,14H,8-9H2,1-3H3,(H,18,20)/t11-,14+/m0/s1. The number of ketones is 1. The van der Waals surface area contributed by atoms with E-state index in [2.05, 4.69) is 35.1 Å². The predicted octanol–water partition coefficient (Wildman–Crippen LogP) is 4.03. The number of hydrogen-bond donors (Lipinski definition) is 1. The molecule has 0 aliphatic heterocycles. The highest BCUT2D eigenvalue weighted by molar-refractivity contribution is 9.10. The second-order valence-corrected chi connectivity index (χ2v) is 7.09. The average Bonchev–Trinajstić information content (AvgIpc) is 2.36. The van der Waals surface area contributed by atoms with Crippen LogP contribution in [-0.4, -0.2) is 11.7 Å². The van der Waals surface area contributed by atoms with Gasteiger partial charge in [-0.25, -0.2) is 0 Å². The van der Waals surface area contributed by atoms with Crippen molar-refractivity contribution in [2.75, 3.05) is 5.32 Å². The number of benzene rings is 1. The van der Waals surface area contributed by atoms with Crippen LogP contribution in [0, 0.1) is 17.3 Å². The van der Waals surface area contributed by atoms with Crippen LogP contribution in [0.15, 0.2) is 28.7 Å². The van der Waals surface area contributed by atoms with Crippen LogP contribution < -0.4 is 5.32 Å². The highest BCUT2D eigenvalue weighted by atomic mass is 79.9. The van der Waals surface area contributed by atoms with Gasteiger partial charge in [-0.05, 0) is 48.9 Å². The third-order valence-corrected chi connectivity index (χ3v) is 5.05. The van der Waals surface area contributed by atoms with E-state index in [9.17, 15) is 9.59 Å². The van der Waals surface area contributed by atoms with Crippen molar-refractivity contribution in [2.45, 2.75) is 33.6 Å². The lowest BCUT2D eigenvalue weighted by molar-refractivity contribution is -0.139. The number of hydrogen-bond acceptors (Lipinski definition) is 2. The molecular formula is C16H20BrNO2. The molecule has 3 nitrogen and oxygen atoms in total. The average molecular weight is 338 g/mol. The van der Waals surface area contributed by atoms with Gasteiger partial charge in [0.2, 0.25) is 5.91 Å². The molecule has 0 radical (unpaired) electrons. The fourth-order valence-electron chi connectivity index (χ4n) is 3.02. The Bertz CT molecular complexity index is 522. The third kappa shape index (κ3) is 3.11. The predicted molar refractivity (Wildman–Crippen MR) is 83.4 cm³/mol. The minimum Gasteiger partial charge on any atom is -0.326 e. The van der Waals surface area contributed by atoms with Crippen molar-refractivity contribution in [3.05, 3.63) is 28.7 Å². The second-order valence-electron chi connectivity index (χ2n) is 6.18. The van der Waals surface area contributed by atoms with Crippen molar-refractivity contribution < 1.29 is 9.59 Å². The Hall–Kier alpha value is -1.16. The fourth-order valence-corrected chi connectivity index (χ4v) is 3.29. The zero-order chi connectivity index (χ0) is 14.9. The van der Waals surface area contributed by atoms with Gasteiger partial charge < -0.3 is 5.32 Å². The van der Waals surface area contributed by atoms with Crippen LogP contribution in [-0.2, 0) is 9.59 Å². The topological polar surface area (TPSA) is 46.2 Å². The van der Waals surface area contributed by atoms with Crippen molar-refractivity contribution in [1.82, 2.24) is 0 Å². The van der Waals surface area contributed by atoms with Crippen molar-refractivity contribution in [3.63, 3.8) is 0 Å². The molecule has 2 atom stereocenters. The summed E-state index contributed by atoms with van der Waals surface area (Å²) in [6.07, 6.45) is 1.31. The molecule has 0 heterocycles. The number of Topliss-reactive ketones (excluding diaryl/α,β-unsaturated/α-hetero) is 1. The van der Waals surface area contributed by atoms with E-state index in [-0.39, 0.29) is 28.9 Å². The zero-order valence-corrected chi connectivity index (χ0v) is 13.7. The molecule has 0 saturated heterocycles. The van der Waals surface area contributed by atoms with Gasteiger partial charge in [0.25, 0.3) is 0 Å². The summed E-state index contributed by atoms with van der Waals surface area (Å²) in [7, 11) is 0. The van der Waals surface area contributed by atoms with E-state index in [4.69, 9.17) is 0 Å². The lowest BCUT2D eigenvalue weighted by atomic mass is 9.52. The Kier molecular flexibility index (Phi) is 4.33. The Morgan fingerprint density at radius 2 is 1.90 bits per heavy atom. The van der Waals surface area contributed by atoms with Crippen molar-refractivity contribution >= 4 is 33.3 Å². The largest absolute Gasteiger partial charge is 0.326 e. The summed E-state index contributed by atoms with van der Waals surface area (Å²) in [6, 6.07) is 7.53. The van der Waals surface area contributed by atoms with Crippen LogP contribution in [0.4, 0.5) is 5.69 Å². The number of anilines is 1. The van der Waals surface area contributed by atoms with Gasteiger partial charge in [0, 0.05) is 22.5 Å². The van der Waals surface area contributed by atoms with E-state index in [0.29, 0.717) is 6.42 Å². The fraction of sp³-hybridized carbons (Fsp3) is 0.500. The van der Waals surface area contributed by atoms with E-state index in [1.807, 2.05) is 24.3 Å². The normalized spacial score (nSPS) is 23.8. The van der Waals surface area contributed by atoms with Crippen molar-refractivity contribution in [3.8, 4) is 0 Å². The van der Waals surface area contributed by atoms with Crippen LogP contribution in [0.1, 0.15) is 33.6 Å². The molecular weight excluding hydrogens is 318 g/mol. The first-order chi connectivity index (χ1) is 9.30. The van der Waals surface area contributed by atoms with Crippen LogP contribution in [0.3, 0.4) is 0 Å². The molecule has 0 bridgehead atoms. The van der Waals surface area contributed by atoms with Crippen molar-refractivity contribution in [2.24, 2.45) is 17.3 Å². The number of carbonyl (C=O) groups excluding carboxylic acids is 2. The molecule has 108 valence electrons. The van der Waals surface area contributed by atoms with Gasteiger partial charge in [0.15, 0.2) is 0 Å². The molecule has 1 N–H and O–H groups in total. The lowest BCUT2D eigenvalue weighted by Crippen LogP contribution is -2.49. The summed E-state index contributed by atoms with van der Waals surface area (Å²) in [6.45, 7) is 5.81. The second kappa shape index (κ2) is 5.68. The Balaban J connectivity index is 1.90. The van der Waals surface area contributed by atoms with E-state index in [1.54, 1.807) is 6.92 Å². The maximum Gasteiger partial charge on any atom is 0.224 e. The molecule has 0 spiro atoms. The highest BCUT2D eigenvalue weighted by Crippen LogP contribution is 2.53. The number of amides is 1. The molecule has 2 rings (SSSR count). The number of rotatable bonds is 4. The van der Waals surface area contributed by atoms with Gasteiger partial charge in [-0.2, -0.15) is 0 Å². The van der Waals surface area contributed by atoms with Gasteiger partial charge in [-0.15, -0.1) is 0 Å². The summed E-state index contributed by atoms with van der Waals surface area (Å²) in [5.41, 5.74) is 0.738. The third-order valence-electron chi connectivity index (χ3n) is 4.52. The Labute approximate surface area is 128 Å². The summed E-state index contributed by atoms with van der Waals surface area (Å²) >= 11 is 3.36. The number of halogens is 1. The van der Waals surface area contributed by atoms with Crippen LogP contribution in [0.2, 0.25) is 0 Å². The minimum atomic E-state index is -0.0666. The SMILES string of the molecule is CC(=O)[C@H]1C[C@@H](CC(=O)Nc2ccc(Br)cc2)C1(C)C. The number of carbonyl (C=O) groups is 2. The van der Waals surface area contributed by atoms with E-state index in [0.717, 1.165) is 16.6 Å². The van der Waals surface area contributed by atoms with Crippen LogP contribution in [0.5, 0.6) is 0 Å². The molecule has 1 aliphatic carbocycles. The summed E-state index contributed by atoms with van der Waals surface area (Å²) in [5, 5.41) is 2.91. The molecule has 1 saturated carbocycles. The molecule has 20 heavy (non-hydrogen) atoms. The smallest absolute Gasteiger partial charge is 0.224 e. The molecule has 0 unspecified atom stereocenters. The molecule has 1 aromatic rings. The molecule has 1 aromatic carbocycles. The van der Waals surface area contributed by atoms with Crippen LogP contribution >= 0.6 is 15.9 Å². The molecule has 4 heteroatoms. The lowest BCUT2D eigenvalue weighted by Gasteiger charge is -2.51. The quantitative estimate of drug-likeness (QED) is 0.901. The Morgan fingerprint density at radius 3 is 2.40 bits per heavy atom. The maximum absolute atomic E-state index is 12.1. The van der Waals surface area contributed by atoms with E-state index < -0.39 is 0 Å². The first-order valence-electron chi connectivity index (χ1n) is 6.86. The molecule has 1 fully saturated rings. The first-order valence-corrected chi connectivity index (χ1v) is 7.66. The molecule has 0 aromatic heterocycles. The zero-order valence-electron chi connectivity index (χ0n) is 12.1.